The summed E-state index contributed by atoms with van der Waals surface area (Å²) in [7, 11) is 0. The lowest BCUT2D eigenvalue weighted by Crippen LogP contribution is -2.38. The molecule has 1 saturated heterocycles. The first-order valence-electron chi connectivity index (χ1n) is 8.93. The molecule has 2 heterocycles. The number of hydrogen-bond acceptors (Lipinski definition) is 6. The van der Waals surface area contributed by atoms with Gasteiger partial charge in [-0.3, -0.25) is 19.6 Å². The highest BCUT2D eigenvalue weighted by molar-refractivity contribution is 6.00. The zero-order valence-electron chi connectivity index (χ0n) is 15.3. The van der Waals surface area contributed by atoms with Gasteiger partial charge >= 0.3 is 0 Å². The Balaban J connectivity index is 1.67. The van der Waals surface area contributed by atoms with Crippen LogP contribution in [0.5, 0.6) is 0 Å². The van der Waals surface area contributed by atoms with Crippen LogP contribution in [0.15, 0.2) is 30.6 Å². The molecule has 144 valence electrons. The van der Waals surface area contributed by atoms with Crippen LogP contribution in [0.2, 0.25) is 0 Å². The Kier molecular flexibility index (Phi) is 6.02. The molecule has 1 amide bonds. The van der Waals surface area contributed by atoms with E-state index in [0.29, 0.717) is 57.1 Å². The molecule has 1 fully saturated rings. The summed E-state index contributed by atoms with van der Waals surface area (Å²) in [5.74, 6) is -0.308. The number of carbonyl (C=O) groups is 1. The highest BCUT2D eigenvalue weighted by atomic mass is 16.6. The van der Waals surface area contributed by atoms with E-state index >= 15 is 0 Å². The van der Waals surface area contributed by atoms with E-state index in [9.17, 15) is 14.9 Å². The summed E-state index contributed by atoms with van der Waals surface area (Å²) in [6.07, 6.45) is 4.45. The molecule has 1 N–H and O–H groups in total. The number of hydrogen-bond donors (Lipinski definition) is 1. The summed E-state index contributed by atoms with van der Waals surface area (Å²) >= 11 is 0. The Labute approximate surface area is 157 Å². The van der Waals surface area contributed by atoms with Gasteiger partial charge in [-0.25, -0.2) is 0 Å². The number of aryl methyl sites for hydroxylation is 2. The van der Waals surface area contributed by atoms with Crippen molar-refractivity contribution in [3.63, 3.8) is 0 Å². The molecule has 1 aliphatic heterocycles. The van der Waals surface area contributed by atoms with Crippen LogP contribution in [0, 0.1) is 17.0 Å². The second kappa shape index (κ2) is 8.63. The number of non-ortho nitro benzene ring substituents is 1. The average molecular weight is 373 g/mol. The zero-order valence-corrected chi connectivity index (χ0v) is 15.3. The van der Waals surface area contributed by atoms with Gasteiger partial charge in [-0.15, -0.1) is 0 Å². The summed E-state index contributed by atoms with van der Waals surface area (Å²) in [5.41, 5.74) is 2.01. The van der Waals surface area contributed by atoms with E-state index in [4.69, 9.17) is 4.74 Å². The van der Waals surface area contributed by atoms with Gasteiger partial charge in [0.1, 0.15) is 0 Å². The number of nitrogens with one attached hydrogen (secondary N) is 1. The maximum atomic E-state index is 12.7. The summed E-state index contributed by atoms with van der Waals surface area (Å²) in [6, 6.07) is 4.42. The molecule has 0 unspecified atom stereocenters. The standard InChI is InChI=1S/C18H23N5O4/c1-14-12-20-22(13-14)6-2-5-19-18(24)16-11-15(23(25)26)3-4-17(16)21-7-9-27-10-8-21/h3-4,11-13H,2,5-10H2,1H3,(H,19,24). The topological polar surface area (TPSA) is 103 Å². The molecule has 0 atom stereocenters. The zero-order chi connectivity index (χ0) is 19.2. The molecule has 2 aromatic rings. The lowest BCUT2D eigenvalue weighted by Gasteiger charge is -2.30. The van der Waals surface area contributed by atoms with Gasteiger partial charge in [0.15, 0.2) is 0 Å². The van der Waals surface area contributed by atoms with Gasteiger partial charge in [0.25, 0.3) is 11.6 Å². The van der Waals surface area contributed by atoms with Crippen molar-refractivity contribution in [3.05, 3.63) is 51.8 Å². The van der Waals surface area contributed by atoms with Crippen LogP contribution in [0.1, 0.15) is 22.3 Å². The van der Waals surface area contributed by atoms with Gasteiger partial charge in [-0.1, -0.05) is 0 Å². The van der Waals surface area contributed by atoms with Crippen molar-refractivity contribution in [1.82, 2.24) is 15.1 Å². The second-order valence-electron chi connectivity index (χ2n) is 6.45. The van der Waals surface area contributed by atoms with Gasteiger partial charge < -0.3 is 15.0 Å². The van der Waals surface area contributed by atoms with E-state index in [1.54, 1.807) is 12.3 Å². The second-order valence-corrected chi connectivity index (χ2v) is 6.45. The number of nitro groups is 1. The number of ether oxygens (including phenoxy) is 1. The first kappa shape index (κ1) is 18.8. The Bertz CT molecular complexity index is 814. The first-order chi connectivity index (χ1) is 13.0. The van der Waals surface area contributed by atoms with Crippen LogP contribution in [-0.4, -0.2) is 53.5 Å². The van der Waals surface area contributed by atoms with Crippen molar-refractivity contribution >= 4 is 17.3 Å². The Morgan fingerprint density at radius 1 is 1.37 bits per heavy atom. The van der Waals surface area contributed by atoms with E-state index in [0.717, 1.165) is 5.56 Å². The van der Waals surface area contributed by atoms with Crippen LogP contribution in [-0.2, 0) is 11.3 Å². The molecular weight excluding hydrogens is 350 g/mol. The Hall–Kier alpha value is -2.94. The molecule has 0 saturated carbocycles. The number of benzene rings is 1. The van der Waals surface area contributed by atoms with Crippen LogP contribution < -0.4 is 10.2 Å². The van der Waals surface area contributed by atoms with E-state index in [1.165, 1.54) is 12.1 Å². The fraction of sp³-hybridized carbons (Fsp3) is 0.444. The molecule has 1 aliphatic rings. The molecule has 1 aromatic carbocycles. The minimum atomic E-state index is -0.486. The molecule has 3 rings (SSSR count). The SMILES string of the molecule is Cc1cnn(CCCNC(=O)c2cc([N+](=O)[O-])ccc2N2CCOCC2)c1. The van der Waals surface area contributed by atoms with Gasteiger partial charge in [-0.2, -0.15) is 5.10 Å². The molecule has 27 heavy (non-hydrogen) atoms. The highest BCUT2D eigenvalue weighted by Crippen LogP contribution is 2.26. The van der Waals surface area contributed by atoms with Gasteiger partial charge in [0, 0.05) is 44.5 Å². The summed E-state index contributed by atoms with van der Waals surface area (Å²) in [4.78, 5) is 25.3. The van der Waals surface area contributed by atoms with Crippen LogP contribution in [0.4, 0.5) is 11.4 Å². The predicted molar refractivity (Wildman–Crippen MR) is 100 cm³/mol. The number of amides is 1. The number of nitrogens with zero attached hydrogens (tertiary/aromatic N) is 4. The lowest BCUT2D eigenvalue weighted by atomic mass is 10.1. The van der Waals surface area contributed by atoms with Crippen molar-refractivity contribution < 1.29 is 14.5 Å². The molecule has 0 aliphatic carbocycles. The largest absolute Gasteiger partial charge is 0.378 e. The van der Waals surface area contributed by atoms with Crippen molar-refractivity contribution in [2.75, 3.05) is 37.7 Å². The van der Waals surface area contributed by atoms with Crippen LogP contribution in [0.25, 0.3) is 0 Å². The lowest BCUT2D eigenvalue weighted by molar-refractivity contribution is -0.384. The molecule has 9 heteroatoms. The number of rotatable bonds is 7. The molecule has 0 radical (unpaired) electrons. The normalized spacial score (nSPS) is 14.2. The minimum absolute atomic E-state index is 0.0934. The van der Waals surface area contributed by atoms with Crippen molar-refractivity contribution in [2.24, 2.45) is 0 Å². The Morgan fingerprint density at radius 3 is 2.81 bits per heavy atom. The highest BCUT2D eigenvalue weighted by Gasteiger charge is 2.21. The number of aromatic nitrogens is 2. The van der Waals surface area contributed by atoms with E-state index in [-0.39, 0.29) is 11.6 Å². The van der Waals surface area contributed by atoms with Crippen molar-refractivity contribution in [1.29, 1.82) is 0 Å². The fourth-order valence-electron chi connectivity index (χ4n) is 3.03. The van der Waals surface area contributed by atoms with Crippen LogP contribution >= 0.6 is 0 Å². The third kappa shape index (κ3) is 4.82. The van der Waals surface area contributed by atoms with Crippen molar-refractivity contribution in [2.45, 2.75) is 19.9 Å². The maximum Gasteiger partial charge on any atom is 0.270 e. The molecule has 0 spiro atoms. The number of anilines is 1. The number of nitro benzene ring substituents is 1. The number of morpholine rings is 1. The third-order valence-electron chi connectivity index (χ3n) is 4.40. The predicted octanol–water partition coefficient (Wildman–Crippen LogP) is 1.76. The van der Waals surface area contributed by atoms with Crippen LogP contribution in [0.3, 0.4) is 0 Å². The third-order valence-corrected chi connectivity index (χ3v) is 4.40. The molecular formula is C18H23N5O4. The summed E-state index contributed by atoms with van der Waals surface area (Å²) < 4.78 is 7.18. The maximum absolute atomic E-state index is 12.7. The Morgan fingerprint density at radius 2 is 2.15 bits per heavy atom. The quantitative estimate of drug-likeness (QED) is 0.451. The monoisotopic (exact) mass is 373 g/mol. The number of carbonyl (C=O) groups excluding carboxylic acids is 1. The fourth-order valence-corrected chi connectivity index (χ4v) is 3.03. The van der Waals surface area contributed by atoms with Gasteiger partial charge in [0.05, 0.1) is 35.6 Å². The van der Waals surface area contributed by atoms with E-state index in [2.05, 4.69) is 10.4 Å². The summed E-state index contributed by atoms with van der Waals surface area (Å²) in [6.45, 7) is 5.57. The van der Waals surface area contributed by atoms with Gasteiger partial charge in [-0.05, 0) is 25.0 Å². The van der Waals surface area contributed by atoms with E-state index < -0.39 is 4.92 Å². The van der Waals surface area contributed by atoms with Gasteiger partial charge in [0.2, 0.25) is 0 Å². The average Bonchev–Trinajstić information content (AvgIpc) is 3.10. The minimum Gasteiger partial charge on any atom is -0.378 e. The summed E-state index contributed by atoms with van der Waals surface area (Å²) in [5, 5.41) is 18.2. The van der Waals surface area contributed by atoms with E-state index in [1.807, 2.05) is 22.7 Å². The molecule has 9 nitrogen and oxygen atoms in total. The van der Waals surface area contributed by atoms with Crippen molar-refractivity contribution in [3.8, 4) is 0 Å². The molecule has 1 aromatic heterocycles. The molecule has 0 bridgehead atoms. The smallest absolute Gasteiger partial charge is 0.270 e. The first-order valence-corrected chi connectivity index (χ1v) is 8.93.